The fraction of sp³-hybridized carbons (Fsp3) is 0. The van der Waals surface area contributed by atoms with Gasteiger partial charge in [-0.15, -0.1) is 0 Å². The summed E-state index contributed by atoms with van der Waals surface area (Å²) in [6.07, 6.45) is 3.68. The lowest BCUT2D eigenvalue weighted by atomic mass is 9.91. The monoisotopic (exact) mass is 509 g/mol. The zero-order valence-corrected chi connectivity index (χ0v) is 21.6. The van der Waals surface area contributed by atoms with E-state index in [1.54, 1.807) is 6.20 Å². The van der Waals surface area contributed by atoms with Gasteiger partial charge in [0.1, 0.15) is 0 Å². The molecule has 0 fully saturated rings. The highest BCUT2D eigenvalue weighted by Crippen LogP contribution is 2.39. The number of aromatic nitrogens is 3. The third-order valence-corrected chi connectivity index (χ3v) is 7.74. The topological polar surface area (TPSA) is 38.7 Å². The largest absolute Gasteiger partial charge is 0.264 e. The molecule has 0 spiro atoms. The van der Waals surface area contributed by atoms with E-state index in [0.29, 0.717) is 0 Å². The summed E-state index contributed by atoms with van der Waals surface area (Å²) >= 11 is 0. The predicted molar refractivity (Wildman–Crippen MR) is 165 cm³/mol. The summed E-state index contributed by atoms with van der Waals surface area (Å²) in [5.41, 5.74) is 7.18. The standard InChI is InChI=1S/C37H23N3/c1-2-6-29(7-3-1)37-39-33(25-13-11-24(12-14-25)30-10-5-21-38-23-30)22-34(40-37)31-19-17-28-16-15-26-8-4-9-27-18-20-32(31)36(28)35(26)27/h1-23H. The third kappa shape index (κ3) is 3.71. The van der Waals surface area contributed by atoms with Crippen LogP contribution in [0.5, 0.6) is 0 Å². The second-order valence-electron chi connectivity index (χ2n) is 10.1. The van der Waals surface area contributed by atoms with E-state index < -0.39 is 0 Å². The van der Waals surface area contributed by atoms with E-state index in [1.807, 2.05) is 30.5 Å². The molecule has 186 valence electrons. The van der Waals surface area contributed by atoms with Crippen molar-refractivity contribution in [3.05, 3.63) is 140 Å². The van der Waals surface area contributed by atoms with Crippen LogP contribution in [0.15, 0.2) is 140 Å². The van der Waals surface area contributed by atoms with Crippen molar-refractivity contribution in [3.63, 3.8) is 0 Å². The molecule has 0 radical (unpaired) electrons. The average molecular weight is 510 g/mol. The molecule has 3 heteroatoms. The predicted octanol–water partition coefficient (Wildman–Crippen LogP) is 9.44. The number of nitrogens with zero attached hydrogens (tertiary/aromatic N) is 3. The van der Waals surface area contributed by atoms with Gasteiger partial charge in [0.15, 0.2) is 5.82 Å². The zero-order valence-electron chi connectivity index (χ0n) is 21.6. The molecule has 0 aliphatic carbocycles. The van der Waals surface area contributed by atoms with Gasteiger partial charge in [-0.1, -0.05) is 115 Å². The van der Waals surface area contributed by atoms with Gasteiger partial charge in [-0.05, 0) is 55.6 Å². The van der Waals surface area contributed by atoms with Crippen LogP contribution >= 0.6 is 0 Å². The second-order valence-corrected chi connectivity index (χ2v) is 10.1. The molecule has 40 heavy (non-hydrogen) atoms. The van der Waals surface area contributed by atoms with E-state index in [0.717, 1.165) is 45.0 Å². The Morgan fingerprint density at radius 2 is 1.10 bits per heavy atom. The number of pyridine rings is 1. The van der Waals surface area contributed by atoms with Gasteiger partial charge in [-0.3, -0.25) is 4.98 Å². The number of hydrogen-bond acceptors (Lipinski definition) is 3. The number of rotatable bonds is 4. The Balaban J connectivity index is 1.34. The molecule has 0 amide bonds. The zero-order chi connectivity index (χ0) is 26.5. The highest BCUT2D eigenvalue weighted by molar-refractivity contribution is 6.25. The van der Waals surface area contributed by atoms with Crippen LogP contribution in [0.3, 0.4) is 0 Å². The van der Waals surface area contributed by atoms with E-state index in [-0.39, 0.29) is 0 Å². The summed E-state index contributed by atoms with van der Waals surface area (Å²) in [6.45, 7) is 0. The van der Waals surface area contributed by atoms with Crippen molar-refractivity contribution in [2.45, 2.75) is 0 Å². The molecule has 0 aliphatic heterocycles. The number of benzene rings is 6. The first-order chi connectivity index (χ1) is 19.8. The Hall–Kier alpha value is -5.41. The van der Waals surface area contributed by atoms with Gasteiger partial charge in [-0.25, -0.2) is 9.97 Å². The van der Waals surface area contributed by atoms with Gasteiger partial charge < -0.3 is 0 Å². The van der Waals surface area contributed by atoms with Crippen molar-refractivity contribution in [3.8, 4) is 45.0 Å². The molecular formula is C37H23N3. The van der Waals surface area contributed by atoms with Crippen LogP contribution in [0.2, 0.25) is 0 Å². The van der Waals surface area contributed by atoms with Crippen molar-refractivity contribution in [1.29, 1.82) is 0 Å². The third-order valence-electron chi connectivity index (χ3n) is 7.74. The lowest BCUT2D eigenvalue weighted by Gasteiger charge is -2.15. The molecular weight excluding hydrogens is 486 g/mol. The molecule has 0 unspecified atom stereocenters. The molecule has 2 aromatic heterocycles. The van der Waals surface area contributed by atoms with E-state index >= 15 is 0 Å². The van der Waals surface area contributed by atoms with E-state index in [1.165, 1.54) is 32.3 Å². The molecule has 8 aromatic rings. The lowest BCUT2D eigenvalue weighted by Crippen LogP contribution is -1.97. The van der Waals surface area contributed by atoms with Crippen LogP contribution < -0.4 is 0 Å². The smallest absolute Gasteiger partial charge is 0.160 e. The number of hydrogen-bond donors (Lipinski definition) is 0. The van der Waals surface area contributed by atoms with E-state index in [2.05, 4.69) is 108 Å². The quantitative estimate of drug-likeness (QED) is 0.222. The lowest BCUT2D eigenvalue weighted by molar-refractivity contribution is 1.18. The van der Waals surface area contributed by atoms with Crippen LogP contribution in [0, 0.1) is 0 Å². The molecule has 6 aromatic carbocycles. The molecule has 0 bridgehead atoms. The Labute approximate surface area is 231 Å². The summed E-state index contributed by atoms with van der Waals surface area (Å²) in [7, 11) is 0. The highest BCUT2D eigenvalue weighted by Gasteiger charge is 2.16. The van der Waals surface area contributed by atoms with Gasteiger partial charge in [-0.2, -0.15) is 0 Å². The fourth-order valence-electron chi connectivity index (χ4n) is 5.78. The molecule has 0 atom stereocenters. The van der Waals surface area contributed by atoms with Crippen LogP contribution in [0.1, 0.15) is 0 Å². The maximum Gasteiger partial charge on any atom is 0.160 e. The summed E-state index contributed by atoms with van der Waals surface area (Å²) in [4.78, 5) is 14.4. The first-order valence-electron chi connectivity index (χ1n) is 13.4. The van der Waals surface area contributed by atoms with Crippen molar-refractivity contribution < 1.29 is 0 Å². The molecule has 8 rings (SSSR count). The van der Waals surface area contributed by atoms with Crippen LogP contribution in [-0.2, 0) is 0 Å². The summed E-state index contributed by atoms with van der Waals surface area (Å²) in [6, 6.07) is 44.8. The molecule has 0 saturated carbocycles. The maximum absolute atomic E-state index is 5.13. The minimum Gasteiger partial charge on any atom is -0.264 e. The molecule has 2 heterocycles. The maximum atomic E-state index is 5.13. The molecule has 0 N–H and O–H groups in total. The Morgan fingerprint density at radius 3 is 1.88 bits per heavy atom. The first kappa shape index (κ1) is 22.6. The minimum absolute atomic E-state index is 0.718. The van der Waals surface area contributed by atoms with Crippen molar-refractivity contribution >= 4 is 32.3 Å². The van der Waals surface area contributed by atoms with Gasteiger partial charge in [0.05, 0.1) is 11.4 Å². The average Bonchev–Trinajstić information content (AvgIpc) is 3.04. The van der Waals surface area contributed by atoms with Gasteiger partial charge in [0.25, 0.3) is 0 Å². The van der Waals surface area contributed by atoms with Crippen LogP contribution in [-0.4, -0.2) is 15.0 Å². The summed E-state index contributed by atoms with van der Waals surface area (Å²) in [5.74, 6) is 0.718. The van der Waals surface area contributed by atoms with Crippen molar-refractivity contribution in [1.82, 2.24) is 15.0 Å². The Morgan fingerprint density at radius 1 is 0.425 bits per heavy atom. The normalized spacial score (nSPS) is 11.5. The van der Waals surface area contributed by atoms with Gasteiger partial charge in [0.2, 0.25) is 0 Å². The van der Waals surface area contributed by atoms with Gasteiger partial charge in [0, 0.05) is 29.1 Å². The Bertz CT molecular complexity index is 2120. The minimum atomic E-state index is 0.718. The molecule has 3 nitrogen and oxygen atoms in total. The van der Waals surface area contributed by atoms with E-state index in [4.69, 9.17) is 9.97 Å². The summed E-state index contributed by atoms with van der Waals surface area (Å²) in [5, 5.41) is 7.56. The SMILES string of the molecule is c1ccc(-c2nc(-c3ccc(-c4cccnc4)cc3)cc(-c3ccc4ccc5cccc6ccc3c4c56)n2)cc1. The van der Waals surface area contributed by atoms with Crippen molar-refractivity contribution in [2.75, 3.05) is 0 Å². The first-order valence-corrected chi connectivity index (χ1v) is 13.4. The Kier molecular flexibility index (Phi) is 5.14. The summed E-state index contributed by atoms with van der Waals surface area (Å²) < 4.78 is 0. The fourth-order valence-corrected chi connectivity index (χ4v) is 5.78. The van der Waals surface area contributed by atoms with Crippen LogP contribution in [0.4, 0.5) is 0 Å². The van der Waals surface area contributed by atoms with Crippen molar-refractivity contribution in [2.24, 2.45) is 0 Å². The molecule has 0 saturated heterocycles. The highest BCUT2D eigenvalue weighted by atomic mass is 14.9. The second kappa shape index (κ2) is 9.11. The molecule has 0 aliphatic rings. The van der Waals surface area contributed by atoms with Crippen LogP contribution in [0.25, 0.3) is 77.3 Å². The van der Waals surface area contributed by atoms with Gasteiger partial charge >= 0.3 is 0 Å². The van der Waals surface area contributed by atoms with E-state index in [9.17, 15) is 0 Å².